The molecule has 2 amide bonds. The van der Waals surface area contributed by atoms with E-state index in [0.29, 0.717) is 37.6 Å². The van der Waals surface area contributed by atoms with Gasteiger partial charge in [0.05, 0.1) is 29.4 Å². The summed E-state index contributed by atoms with van der Waals surface area (Å²) in [5.41, 5.74) is 0.960. The fourth-order valence-corrected chi connectivity index (χ4v) is 3.44. The summed E-state index contributed by atoms with van der Waals surface area (Å²) in [6.07, 6.45) is 1.08. The number of morpholine rings is 1. The summed E-state index contributed by atoms with van der Waals surface area (Å²) >= 11 is 0. The van der Waals surface area contributed by atoms with Crippen LogP contribution in [-0.2, 0) is 14.6 Å². The fourth-order valence-electron chi connectivity index (χ4n) is 2.78. The van der Waals surface area contributed by atoms with Gasteiger partial charge in [0.2, 0.25) is 0 Å². The van der Waals surface area contributed by atoms with Crippen molar-refractivity contribution in [1.82, 2.24) is 4.90 Å². The summed E-state index contributed by atoms with van der Waals surface area (Å²) in [5.74, 6) is -0.665. The highest BCUT2D eigenvalue weighted by atomic mass is 32.2. The topological polar surface area (TPSA) is 92.8 Å². The Kier molecular flexibility index (Phi) is 5.57. The number of ether oxygens (including phenoxy) is 1. The van der Waals surface area contributed by atoms with Gasteiger partial charge >= 0.3 is 0 Å². The summed E-state index contributed by atoms with van der Waals surface area (Å²) in [7, 11) is -3.42. The highest BCUT2D eigenvalue weighted by Gasteiger charge is 2.22. The van der Waals surface area contributed by atoms with Crippen molar-refractivity contribution in [3.8, 4) is 0 Å². The Morgan fingerprint density at radius 3 is 2.44 bits per heavy atom. The number of carbonyl (C=O) groups is 2. The van der Waals surface area contributed by atoms with E-state index < -0.39 is 15.7 Å². The maximum atomic E-state index is 12.8. The number of sulfone groups is 1. The second-order valence-corrected chi connectivity index (χ2v) is 8.22. The number of para-hydroxylation sites is 1. The average molecular weight is 388 g/mol. The Balaban J connectivity index is 1.84. The molecule has 3 rings (SSSR count). The van der Waals surface area contributed by atoms with Crippen molar-refractivity contribution in [1.29, 1.82) is 0 Å². The normalized spacial score (nSPS) is 14.6. The zero-order valence-corrected chi connectivity index (χ0v) is 15.7. The SMILES string of the molecule is CS(=O)(=O)c1cccc(C(=O)Nc2ccccc2C(=O)N2CCOCC2)c1. The molecule has 0 aliphatic carbocycles. The van der Waals surface area contributed by atoms with Crippen molar-refractivity contribution >= 4 is 27.3 Å². The number of hydrogen-bond acceptors (Lipinski definition) is 5. The van der Waals surface area contributed by atoms with Crippen LogP contribution in [0.1, 0.15) is 20.7 Å². The Bertz CT molecular complexity index is 966. The minimum atomic E-state index is -3.42. The lowest BCUT2D eigenvalue weighted by Gasteiger charge is -2.27. The van der Waals surface area contributed by atoms with Crippen LogP contribution in [0, 0.1) is 0 Å². The van der Waals surface area contributed by atoms with Gasteiger partial charge in [0, 0.05) is 24.9 Å². The van der Waals surface area contributed by atoms with Gasteiger partial charge < -0.3 is 15.0 Å². The van der Waals surface area contributed by atoms with Gasteiger partial charge in [-0.3, -0.25) is 9.59 Å². The van der Waals surface area contributed by atoms with Gasteiger partial charge in [0.1, 0.15) is 0 Å². The van der Waals surface area contributed by atoms with Crippen LogP contribution in [0.4, 0.5) is 5.69 Å². The number of amides is 2. The molecular formula is C19H20N2O5S. The molecule has 2 aromatic rings. The van der Waals surface area contributed by atoms with E-state index in [1.807, 2.05) is 0 Å². The largest absolute Gasteiger partial charge is 0.378 e. The predicted molar refractivity (Wildman–Crippen MR) is 101 cm³/mol. The molecule has 1 heterocycles. The number of benzene rings is 2. The van der Waals surface area contributed by atoms with Gasteiger partial charge in [-0.15, -0.1) is 0 Å². The molecule has 142 valence electrons. The maximum absolute atomic E-state index is 12.8. The standard InChI is InChI=1S/C19H20N2O5S/c1-27(24,25)15-6-4-5-14(13-15)18(22)20-17-8-3-2-7-16(17)19(23)21-9-11-26-12-10-21/h2-8,13H,9-12H2,1H3,(H,20,22). The molecule has 1 fully saturated rings. The lowest BCUT2D eigenvalue weighted by atomic mass is 10.1. The molecule has 7 nitrogen and oxygen atoms in total. The summed E-state index contributed by atoms with van der Waals surface area (Å²) in [6, 6.07) is 12.5. The molecule has 8 heteroatoms. The molecule has 1 saturated heterocycles. The number of nitrogens with one attached hydrogen (secondary N) is 1. The number of nitrogens with zero attached hydrogens (tertiary/aromatic N) is 1. The van der Waals surface area contributed by atoms with Crippen molar-refractivity contribution in [2.75, 3.05) is 37.9 Å². The van der Waals surface area contributed by atoms with Gasteiger partial charge in [0.25, 0.3) is 11.8 Å². The van der Waals surface area contributed by atoms with Crippen molar-refractivity contribution in [3.63, 3.8) is 0 Å². The molecule has 1 aliphatic rings. The van der Waals surface area contributed by atoms with Gasteiger partial charge in [0.15, 0.2) is 9.84 Å². The van der Waals surface area contributed by atoms with Crippen molar-refractivity contribution < 1.29 is 22.7 Å². The van der Waals surface area contributed by atoms with E-state index in [-0.39, 0.29) is 16.4 Å². The van der Waals surface area contributed by atoms with E-state index in [9.17, 15) is 18.0 Å². The predicted octanol–water partition coefficient (Wildman–Crippen LogP) is 1.81. The summed E-state index contributed by atoms with van der Waals surface area (Å²) in [5, 5.41) is 2.71. The van der Waals surface area contributed by atoms with Crippen LogP contribution >= 0.6 is 0 Å². The third-order valence-corrected chi connectivity index (χ3v) is 5.34. The van der Waals surface area contributed by atoms with Crippen LogP contribution in [0.2, 0.25) is 0 Å². The van der Waals surface area contributed by atoms with Crippen LogP contribution in [-0.4, -0.2) is 57.7 Å². The Morgan fingerprint density at radius 1 is 1.04 bits per heavy atom. The lowest BCUT2D eigenvalue weighted by molar-refractivity contribution is 0.0303. The highest BCUT2D eigenvalue weighted by molar-refractivity contribution is 7.90. The quantitative estimate of drug-likeness (QED) is 0.862. The third kappa shape index (κ3) is 4.53. The van der Waals surface area contributed by atoms with E-state index in [2.05, 4.69) is 5.32 Å². The second-order valence-electron chi connectivity index (χ2n) is 6.20. The molecule has 0 bridgehead atoms. The molecular weight excluding hydrogens is 368 g/mol. The van der Waals surface area contributed by atoms with Gasteiger partial charge in [-0.05, 0) is 30.3 Å². The molecule has 2 aromatic carbocycles. The summed E-state index contributed by atoms with van der Waals surface area (Å²) in [4.78, 5) is 27.1. The second kappa shape index (κ2) is 7.89. The number of hydrogen-bond donors (Lipinski definition) is 1. The van der Waals surface area contributed by atoms with Crippen LogP contribution in [0.3, 0.4) is 0 Å². The first-order valence-electron chi connectivity index (χ1n) is 8.44. The molecule has 0 radical (unpaired) electrons. The van der Waals surface area contributed by atoms with Gasteiger partial charge in [-0.25, -0.2) is 8.42 Å². The van der Waals surface area contributed by atoms with E-state index >= 15 is 0 Å². The van der Waals surface area contributed by atoms with E-state index in [0.717, 1.165) is 6.26 Å². The molecule has 0 spiro atoms. The Hall–Kier alpha value is -2.71. The zero-order valence-electron chi connectivity index (χ0n) is 14.8. The first-order valence-corrected chi connectivity index (χ1v) is 10.3. The maximum Gasteiger partial charge on any atom is 0.256 e. The monoisotopic (exact) mass is 388 g/mol. The summed E-state index contributed by atoms with van der Waals surface area (Å²) < 4.78 is 28.6. The zero-order chi connectivity index (χ0) is 19.4. The third-order valence-electron chi connectivity index (χ3n) is 4.23. The van der Waals surface area contributed by atoms with Crippen LogP contribution < -0.4 is 5.32 Å². The minimum Gasteiger partial charge on any atom is -0.378 e. The number of carbonyl (C=O) groups excluding carboxylic acids is 2. The Morgan fingerprint density at radius 2 is 1.74 bits per heavy atom. The fraction of sp³-hybridized carbons (Fsp3) is 0.263. The molecule has 1 N–H and O–H groups in total. The highest BCUT2D eigenvalue weighted by Crippen LogP contribution is 2.20. The molecule has 1 aliphatic heterocycles. The first kappa shape index (κ1) is 19.1. The molecule has 0 saturated carbocycles. The van der Waals surface area contributed by atoms with Crippen molar-refractivity contribution in [2.24, 2.45) is 0 Å². The molecule has 0 atom stereocenters. The van der Waals surface area contributed by atoms with E-state index in [1.54, 1.807) is 29.2 Å². The van der Waals surface area contributed by atoms with Crippen molar-refractivity contribution in [2.45, 2.75) is 4.90 Å². The van der Waals surface area contributed by atoms with Crippen LogP contribution in [0.25, 0.3) is 0 Å². The van der Waals surface area contributed by atoms with Crippen molar-refractivity contribution in [3.05, 3.63) is 59.7 Å². The Labute approximate surface area is 157 Å². The number of rotatable bonds is 4. The van der Waals surface area contributed by atoms with E-state index in [4.69, 9.17) is 4.74 Å². The summed E-state index contributed by atoms with van der Waals surface area (Å²) in [6.45, 7) is 1.96. The molecule has 0 aromatic heterocycles. The number of anilines is 1. The average Bonchev–Trinajstić information content (AvgIpc) is 2.68. The van der Waals surface area contributed by atoms with Crippen LogP contribution in [0.5, 0.6) is 0 Å². The van der Waals surface area contributed by atoms with Crippen LogP contribution in [0.15, 0.2) is 53.4 Å². The smallest absolute Gasteiger partial charge is 0.256 e. The van der Waals surface area contributed by atoms with Gasteiger partial charge in [-0.1, -0.05) is 18.2 Å². The molecule has 27 heavy (non-hydrogen) atoms. The first-order chi connectivity index (χ1) is 12.9. The van der Waals surface area contributed by atoms with Gasteiger partial charge in [-0.2, -0.15) is 0 Å². The molecule has 0 unspecified atom stereocenters. The lowest BCUT2D eigenvalue weighted by Crippen LogP contribution is -2.41. The van der Waals surface area contributed by atoms with E-state index in [1.165, 1.54) is 24.3 Å². The minimum absolute atomic E-state index is 0.0628.